The van der Waals surface area contributed by atoms with Crippen molar-refractivity contribution in [1.82, 2.24) is 0 Å². The van der Waals surface area contributed by atoms with E-state index in [1.165, 1.54) is 0 Å². The maximum absolute atomic E-state index is 9.48. The molecule has 0 heterocycles. The Morgan fingerprint density at radius 1 is 1.12 bits per heavy atom. The highest BCUT2D eigenvalue weighted by molar-refractivity contribution is 5.43. The van der Waals surface area contributed by atoms with E-state index in [0.717, 1.165) is 36.9 Å². The molecule has 0 unspecified atom stereocenters. The van der Waals surface area contributed by atoms with Crippen molar-refractivity contribution >= 4 is 5.69 Å². The van der Waals surface area contributed by atoms with Gasteiger partial charge in [-0.2, -0.15) is 5.26 Å². The summed E-state index contributed by atoms with van der Waals surface area (Å²) in [5.41, 5.74) is 7.21. The molecule has 0 bridgehead atoms. The van der Waals surface area contributed by atoms with Gasteiger partial charge in [0.25, 0.3) is 0 Å². The average molecular weight is 216 g/mol. The molecule has 1 aromatic carbocycles. The Bertz CT molecular complexity index is 353. The summed E-state index contributed by atoms with van der Waals surface area (Å²) in [5, 5.41) is 9.48. The van der Waals surface area contributed by atoms with Gasteiger partial charge in [0.05, 0.1) is 11.5 Å². The van der Waals surface area contributed by atoms with E-state index < -0.39 is 0 Å². The van der Waals surface area contributed by atoms with Gasteiger partial charge in [0.2, 0.25) is 0 Å². The highest BCUT2D eigenvalue weighted by Gasteiger charge is 2.30. The predicted octanol–water partition coefficient (Wildman–Crippen LogP) is 3.63. The summed E-state index contributed by atoms with van der Waals surface area (Å²) in [4.78, 5) is 0. The van der Waals surface area contributed by atoms with Crippen molar-refractivity contribution in [2.24, 2.45) is 0 Å². The second kappa shape index (κ2) is 5.55. The van der Waals surface area contributed by atoms with Crippen LogP contribution in [0.15, 0.2) is 24.3 Å². The number of rotatable bonds is 5. The number of nitrogens with two attached hydrogens (primary N) is 1. The SMILES string of the molecule is CCCC(C#N)(CCC)c1ccc(N)cc1. The van der Waals surface area contributed by atoms with Gasteiger partial charge in [-0.3, -0.25) is 0 Å². The molecule has 0 saturated carbocycles. The van der Waals surface area contributed by atoms with Crippen LogP contribution < -0.4 is 5.73 Å². The largest absolute Gasteiger partial charge is 0.399 e. The standard InChI is InChI=1S/C14H20N2/c1-3-9-14(11-15,10-4-2)12-5-7-13(16)8-6-12/h5-8H,3-4,9-10,16H2,1-2H3. The summed E-state index contributed by atoms with van der Waals surface area (Å²) < 4.78 is 0. The molecule has 2 nitrogen and oxygen atoms in total. The fourth-order valence-corrected chi connectivity index (χ4v) is 2.25. The monoisotopic (exact) mass is 216 g/mol. The lowest BCUT2D eigenvalue weighted by atomic mass is 9.75. The van der Waals surface area contributed by atoms with E-state index in [9.17, 15) is 5.26 Å². The van der Waals surface area contributed by atoms with Crippen molar-refractivity contribution in [3.05, 3.63) is 29.8 Å². The van der Waals surface area contributed by atoms with Crippen molar-refractivity contribution in [2.45, 2.75) is 44.9 Å². The summed E-state index contributed by atoms with van der Waals surface area (Å²) in [6.45, 7) is 4.25. The Balaban J connectivity index is 3.09. The maximum atomic E-state index is 9.48. The lowest BCUT2D eigenvalue weighted by Crippen LogP contribution is -2.23. The number of hydrogen-bond donors (Lipinski definition) is 1. The molecule has 0 saturated heterocycles. The fourth-order valence-electron chi connectivity index (χ4n) is 2.25. The van der Waals surface area contributed by atoms with Gasteiger partial charge in [-0.25, -0.2) is 0 Å². The molecule has 16 heavy (non-hydrogen) atoms. The van der Waals surface area contributed by atoms with Crippen LogP contribution in [0.25, 0.3) is 0 Å². The van der Waals surface area contributed by atoms with E-state index in [1.54, 1.807) is 0 Å². The molecule has 0 aliphatic carbocycles. The minimum Gasteiger partial charge on any atom is -0.399 e. The Kier molecular flexibility index (Phi) is 4.37. The fraction of sp³-hybridized carbons (Fsp3) is 0.500. The first-order chi connectivity index (χ1) is 7.68. The van der Waals surface area contributed by atoms with Crippen LogP contribution in [0, 0.1) is 11.3 Å². The second-order valence-electron chi connectivity index (χ2n) is 4.32. The van der Waals surface area contributed by atoms with Crippen molar-refractivity contribution in [1.29, 1.82) is 5.26 Å². The first kappa shape index (κ1) is 12.6. The molecule has 86 valence electrons. The molecule has 0 aromatic heterocycles. The molecular weight excluding hydrogens is 196 g/mol. The highest BCUT2D eigenvalue weighted by Crippen LogP contribution is 2.34. The Hall–Kier alpha value is -1.49. The second-order valence-corrected chi connectivity index (χ2v) is 4.32. The summed E-state index contributed by atoms with van der Waals surface area (Å²) in [6, 6.07) is 10.3. The van der Waals surface area contributed by atoms with Gasteiger partial charge in [-0.05, 0) is 30.5 Å². The molecule has 2 N–H and O–H groups in total. The Morgan fingerprint density at radius 3 is 2.00 bits per heavy atom. The minimum absolute atomic E-state index is 0.322. The van der Waals surface area contributed by atoms with Gasteiger partial charge in [0, 0.05) is 5.69 Å². The summed E-state index contributed by atoms with van der Waals surface area (Å²) in [6.07, 6.45) is 3.89. The van der Waals surface area contributed by atoms with Crippen molar-refractivity contribution in [3.8, 4) is 6.07 Å². The molecule has 0 radical (unpaired) electrons. The van der Waals surface area contributed by atoms with Crippen molar-refractivity contribution < 1.29 is 0 Å². The molecule has 0 aliphatic rings. The lowest BCUT2D eigenvalue weighted by Gasteiger charge is -2.26. The third kappa shape index (κ3) is 2.55. The van der Waals surface area contributed by atoms with E-state index in [4.69, 9.17) is 5.73 Å². The zero-order valence-electron chi connectivity index (χ0n) is 10.2. The third-order valence-electron chi connectivity index (χ3n) is 3.03. The molecule has 1 rings (SSSR count). The van der Waals surface area contributed by atoms with Crippen LogP contribution in [0.4, 0.5) is 5.69 Å². The zero-order chi connectivity index (χ0) is 12.0. The van der Waals surface area contributed by atoms with E-state index in [1.807, 2.05) is 24.3 Å². The van der Waals surface area contributed by atoms with Crippen molar-refractivity contribution in [3.63, 3.8) is 0 Å². The molecule has 0 aliphatic heterocycles. The van der Waals surface area contributed by atoms with Gasteiger partial charge < -0.3 is 5.73 Å². The van der Waals surface area contributed by atoms with Gasteiger partial charge in [-0.15, -0.1) is 0 Å². The van der Waals surface area contributed by atoms with Crippen LogP contribution in [0.1, 0.15) is 45.1 Å². The van der Waals surface area contributed by atoms with Gasteiger partial charge in [-0.1, -0.05) is 38.8 Å². The number of nitrogen functional groups attached to an aromatic ring is 1. The summed E-state index contributed by atoms with van der Waals surface area (Å²) in [5.74, 6) is 0. The number of nitriles is 1. The minimum atomic E-state index is -0.322. The topological polar surface area (TPSA) is 49.8 Å². The quantitative estimate of drug-likeness (QED) is 0.764. The summed E-state index contributed by atoms with van der Waals surface area (Å²) in [7, 11) is 0. The average Bonchev–Trinajstić information content (AvgIpc) is 2.29. The first-order valence-corrected chi connectivity index (χ1v) is 5.95. The number of nitrogens with zero attached hydrogens (tertiary/aromatic N) is 1. The van der Waals surface area contributed by atoms with Crippen LogP contribution in [-0.4, -0.2) is 0 Å². The van der Waals surface area contributed by atoms with Gasteiger partial charge >= 0.3 is 0 Å². The number of benzene rings is 1. The molecule has 0 spiro atoms. The number of hydrogen-bond acceptors (Lipinski definition) is 2. The van der Waals surface area contributed by atoms with Gasteiger partial charge in [0.15, 0.2) is 0 Å². The normalized spacial score (nSPS) is 11.1. The summed E-state index contributed by atoms with van der Waals surface area (Å²) >= 11 is 0. The van der Waals surface area contributed by atoms with Crippen LogP contribution >= 0.6 is 0 Å². The third-order valence-corrected chi connectivity index (χ3v) is 3.03. The van der Waals surface area contributed by atoms with Gasteiger partial charge in [0.1, 0.15) is 0 Å². The maximum Gasteiger partial charge on any atom is 0.0822 e. The molecule has 2 heteroatoms. The van der Waals surface area contributed by atoms with E-state index >= 15 is 0 Å². The highest BCUT2D eigenvalue weighted by atomic mass is 14.5. The Morgan fingerprint density at radius 2 is 1.62 bits per heavy atom. The molecular formula is C14H20N2. The molecule has 0 fully saturated rings. The van der Waals surface area contributed by atoms with E-state index in [2.05, 4.69) is 19.9 Å². The molecule has 0 atom stereocenters. The van der Waals surface area contributed by atoms with E-state index in [-0.39, 0.29) is 5.41 Å². The van der Waals surface area contributed by atoms with Crippen LogP contribution in [-0.2, 0) is 5.41 Å². The smallest absolute Gasteiger partial charge is 0.0822 e. The first-order valence-electron chi connectivity index (χ1n) is 5.95. The molecule has 0 amide bonds. The predicted molar refractivity (Wildman–Crippen MR) is 68.0 cm³/mol. The lowest BCUT2D eigenvalue weighted by molar-refractivity contribution is 0.453. The van der Waals surface area contributed by atoms with Crippen LogP contribution in [0.3, 0.4) is 0 Å². The Labute approximate surface area is 98.1 Å². The number of anilines is 1. The molecule has 1 aromatic rings. The van der Waals surface area contributed by atoms with Crippen LogP contribution in [0.2, 0.25) is 0 Å². The van der Waals surface area contributed by atoms with E-state index in [0.29, 0.717) is 0 Å². The van der Waals surface area contributed by atoms with Crippen LogP contribution in [0.5, 0.6) is 0 Å². The van der Waals surface area contributed by atoms with Crippen molar-refractivity contribution in [2.75, 3.05) is 5.73 Å². The zero-order valence-corrected chi connectivity index (χ0v) is 10.2.